The second-order valence-electron chi connectivity index (χ2n) is 13.7. The molecule has 12 heteroatoms. The van der Waals surface area contributed by atoms with E-state index in [-0.39, 0.29) is 19.4 Å². The van der Waals surface area contributed by atoms with Gasteiger partial charge in [-0.25, -0.2) is 4.57 Å². The van der Waals surface area contributed by atoms with Crippen LogP contribution in [0.15, 0.2) is 48.6 Å². The minimum atomic E-state index is -4.73. The van der Waals surface area contributed by atoms with Crippen molar-refractivity contribution in [2.45, 2.75) is 180 Å². The van der Waals surface area contributed by atoms with Crippen LogP contribution in [0.5, 0.6) is 0 Å². The lowest BCUT2D eigenvalue weighted by Gasteiger charge is -2.20. The zero-order valence-corrected chi connectivity index (χ0v) is 34.4. The number of unbranched alkanes of at least 4 members (excludes halogenated alkanes) is 16. The van der Waals surface area contributed by atoms with Crippen LogP contribution in [0.2, 0.25) is 0 Å². The Hall–Kier alpha value is -2.56. The number of carbonyl (C=O) groups is 3. The minimum Gasteiger partial charge on any atom is -0.480 e. The molecule has 0 heterocycles. The molecule has 0 aliphatic heterocycles. The van der Waals surface area contributed by atoms with Crippen molar-refractivity contribution in [3.8, 4) is 0 Å². The van der Waals surface area contributed by atoms with Gasteiger partial charge in [-0.1, -0.05) is 146 Å². The number of hydrogen-bond donors (Lipinski definition) is 3. The standard InChI is InChI=1S/C42H74NO10P/c1-3-5-7-9-11-13-15-17-19-21-23-25-27-29-31-33-40(44)50-35-38(36-51-54(48,49)52-37-39(43)42(46)47)53-41(45)34-32-30-28-26-24-22-20-18-16-14-12-10-8-6-4-2/h6,8,12,14,18,20,27,29,38-39H,3-5,7,9-11,13,15-17,19,21-26,28,30-37,43H2,1-2H3,(H,46,47)(H,48,49)/b8-6+,14-12+,20-18+,29-27+/t38-,39+/m1/s1. The number of rotatable bonds is 38. The molecule has 0 aromatic carbocycles. The highest BCUT2D eigenvalue weighted by Crippen LogP contribution is 2.43. The third-order valence-corrected chi connectivity index (χ3v) is 9.52. The summed E-state index contributed by atoms with van der Waals surface area (Å²) < 4.78 is 32.6. The van der Waals surface area contributed by atoms with Crippen LogP contribution in [-0.2, 0) is 37.5 Å². The van der Waals surface area contributed by atoms with Crippen molar-refractivity contribution in [2.75, 3.05) is 19.8 Å². The maximum absolute atomic E-state index is 12.6. The first kappa shape index (κ1) is 51.4. The van der Waals surface area contributed by atoms with Crippen molar-refractivity contribution in [1.29, 1.82) is 0 Å². The molecule has 0 aliphatic carbocycles. The third-order valence-electron chi connectivity index (χ3n) is 8.57. The summed E-state index contributed by atoms with van der Waals surface area (Å²) in [4.78, 5) is 45.8. The lowest BCUT2D eigenvalue weighted by molar-refractivity contribution is -0.161. The summed E-state index contributed by atoms with van der Waals surface area (Å²) in [5.41, 5.74) is 5.32. The Morgan fingerprint density at radius 3 is 1.65 bits per heavy atom. The van der Waals surface area contributed by atoms with Crippen molar-refractivity contribution in [2.24, 2.45) is 5.73 Å². The fraction of sp³-hybridized carbons (Fsp3) is 0.738. The number of carbonyl (C=O) groups excluding carboxylic acids is 2. The van der Waals surface area contributed by atoms with Crippen LogP contribution in [0.25, 0.3) is 0 Å². The highest BCUT2D eigenvalue weighted by Gasteiger charge is 2.28. The summed E-state index contributed by atoms with van der Waals surface area (Å²) in [6, 6.07) is -1.53. The SMILES string of the molecule is CC/C=C/C/C=C/C/C=C/CCCCCCCC(=O)O[C@H](COC(=O)CC/C=C/CCCCCCCCCCCCC)COP(=O)(O)OC[C@H](N)C(=O)O. The molecule has 0 aliphatic rings. The summed E-state index contributed by atoms with van der Waals surface area (Å²) in [6.45, 7) is 2.62. The van der Waals surface area contributed by atoms with Crippen molar-refractivity contribution >= 4 is 25.7 Å². The zero-order chi connectivity index (χ0) is 40.0. The lowest BCUT2D eigenvalue weighted by atomic mass is 10.1. The average Bonchev–Trinajstić information content (AvgIpc) is 3.14. The average molecular weight is 784 g/mol. The third kappa shape index (κ3) is 36.4. The normalized spacial score (nSPS) is 14.3. The summed E-state index contributed by atoms with van der Waals surface area (Å²) in [5, 5.41) is 8.87. The van der Waals surface area contributed by atoms with E-state index in [0.29, 0.717) is 12.8 Å². The minimum absolute atomic E-state index is 0.134. The summed E-state index contributed by atoms with van der Waals surface area (Å²) in [7, 11) is -4.73. The first-order chi connectivity index (χ1) is 26.1. The van der Waals surface area contributed by atoms with Crippen LogP contribution < -0.4 is 5.73 Å². The van der Waals surface area contributed by atoms with Gasteiger partial charge in [-0.2, -0.15) is 0 Å². The number of ether oxygens (including phenoxy) is 2. The Balaban J connectivity index is 4.46. The Kier molecular flexibility index (Phi) is 35.6. The maximum atomic E-state index is 12.6. The van der Waals surface area contributed by atoms with Gasteiger partial charge in [0.05, 0.1) is 13.2 Å². The van der Waals surface area contributed by atoms with Gasteiger partial charge in [-0.15, -0.1) is 0 Å². The molecule has 3 atom stereocenters. The molecule has 0 rings (SSSR count). The summed E-state index contributed by atoms with van der Waals surface area (Å²) >= 11 is 0. The van der Waals surface area contributed by atoms with Crippen LogP contribution in [0.3, 0.4) is 0 Å². The number of phosphoric acid groups is 1. The van der Waals surface area contributed by atoms with Crippen LogP contribution >= 0.6 is 7.82 Å². The van der Waals surface area contributed by atoms with Gasteiger partial charge in [0.1, 0.15) is 12.6 Å². The molecule has 0 radical (unpaired) electrons. The van der Waals surface area contributed by atoms with E-state index >= 15 is 0 Å². The topological polar surface area (TPSA) is 172 Å². The van der Waals surface area contributed by atoms with Gasteiger partial charge in [-0.05, 0) is 57.8 Å². The predicted octanol–water partition coefficient (Wildman–Crippen LogP) is 10.6. The highest BCUT2D eigenvalue weighted by molar-refractivity contribution is 7.47. The van der Waals surface area contributed by atoms with Gasteiger partial charge in [0.25, 0.3) is 0 Å². The first-order valence-corrected chi connectivity index (χ1v) is 22.2. The van der Waals surface area contributed by atoms with Gasteiger partial charge >= 0.3 is 25.7 Å². The molecule has 0 spiro atoms. The first-order valence-electron chi connectivity index (χ1n) is 20.7. The number of aliphatic carboxylic acids is 1. The number of carboxylic acids is 1. The molecular weight excluding hydrogens is 709 g/mol. The number of hydrogen-bond acceptors (Lipinski definition) is 9. The van der Waals surface area contributed by atoms with Crippen molar-refractivity contribution in [1.82, 2.24) is 0 Å². The van der Waals surface area contributed by atoms with E-state index in [1.54, 1.807) is 0 Å². The molecule has 0 saturated heterocycles. The molecule has 11 nitrogen and oxygen atoms in total. The van der Waals surface area contributed by atoms with Gasteiger partial charge in [-0.3, -0.25) is 23.4 Å². The molecule has 0 amide bonds. The van der Waals surface area contributed by atoms with Gasteiger partial charge in [0, 0.05) is 12.8 Å². The number of carboxylic acid groups (broad SMARTS) is 1. The van der Waals surface area contributed by atoms with Crippen LogP contribution in [0.4, 0.5) is 0 Å². The van der Waals surface area contributed by atoms with Gasteiger partial charge in [0.2, 0.25) is 0 Å². The van der Waals surface area contributed by atoms with Crippen molar-refractivity contribution in [3.05, 3.63) is 48.6 Å². The van der Waals surface area contributed by atoms with Gasteiger partial charge < -0.3 is 25.2 Å². The van der Waals surface area contributed by atoms with Gasteiger partial charge in [0.15, 0.2) is 6.10 Å². The quantitative estimate of drug-likeness (QED) is 0.0235. The van der Waals surface area contributed by atoms with E-state index in [4.69, 9.17) is 24.8 Å². The molecule has 0 fully saturated rings. The molecule has 4 N–H and O–H groups in total. The van der Waals surface area contributed by atoms with E-state index in [0.717, 1.165) is 64.2 Å². The van der Waals surface area contributed by atoms with E-state index in [9.17, 15) is 23.8 Å². The number of allylic oxidation sites excluding steroid dienone is 8. The Morgan fingerprint density at radius 1 is 0.593 bits per heavy atom. The molecule has 0 bridgehead atoms. The largest absolute Gasteiger partial charge is 0.480 e. The Bertz CT molecular complexity index is 1110. The van der Waals surface area contributed by atoms with Crippen molar-refractivity contribution in [3.63, 3.8) is 0 Å². The van der Waals surface area contributed by atoms with E-state index in [1.807, 2.05) is 6.08 Å². The fourth-order valence-corrected chi connectivity index (χ4v) is 6.11. The smallest absolute Gasteiger partial charge is 0.472 e. The second-order valence-corrected chi connectivity index (χ2v) is 15.2. The number of phosphoric ester groups is 1. The summed E-state index contributed by atoms with van der Waals surface area (Å²) in [5.74, 6) is -2.46. The van der Waals surface area contributed by atoms with E-state index < -0.39 is 51.1 Å². The zero-order valence-electron chi connectivity index (χ0n) is 33.6. The Morgan fingerprint density at radius 2 is 1.07 bits per heavy atom. The summed E-state index contributed by atoms with van der Waals surface area (Å²) in [6.07, 6.45) is 40.5. The van der Waals surface area contributed by atoms with Crippen LogP contribution in [0.1, 0.15) is 168 Å². The molecule has 0 saturated carbocycles. The fourth-order valence-electron chi connectivity index (χ4n) is 5.33. The Labute approximate surface area is 326 Å². The maximum Gasteiger partial charge on any atom is 0.472 e. The predicted molar refractivity (Wildman–Crippen MR) is 217 cm³/mol. The van der Waals surface area contributed by atoms with Crippen LogP contribution in [-0.4, -0.2) is 59.9 Å². The number of esters is 2. The van der Waals surface area contributed by atoms with E-state index in [1.165, 1.54) is 64.2 Å². The molecule has 54 heavy (non-hydrogen) atoms. The highest BCUT2D eigenvalue weighted by atomic mass is 31.2. The molecule has 312 valence electrons. The molecule has 1 unspecified atom stereocenters. The second kappa shape index (κ2) is 37.4. The monoisotopic (exact) mass is 784 g/mol. The number of nitrogens with two attached hydrogens (primary N) is 1. The lowest BCUT2D eigenvalue weighted by Crippen LogP contribution is -2.34. The molecular formula is C42H74NO10P. The molecule has 0 aromatic rings. The van der Waals surface area contributed by atoms with Crippen molar-refractivity contribution < 1.29 is 47.5 Å². The van der Waals surface area contributed by atoms with Crippen LogP contribution in [0, 0.1) is 0 Å². The molecule has 0 aromatic heterocycles. The van der Waals surface area contributed by atoms with E-state index in [2.05, 4.69) is 60.9 Å².